The smallest absolute Gasteiger partial charge is 0.207 e. The summed E-state index contributed by atoms with van der Waals surface area (Å²) in [4.78, 5) is 0.112. The third-order valence-electron chi connectivity index (χ3n) is 2.57. The molecule has 0 aliphatic carbocycles. The minimum atomic E-state index is -3.54. The first-order chi connectivity index (χ1) is 7.89. The first-order valence-electron chi connectivity index (χ1n) is 5.00. The minimum Gasteiger partial charge on any atom is -0.207 e. The monoisotopic (exact) mass is 313 g/mol. The zero-order valence-corrected chi connectivity index (χ0v) is 11.8. The minimum absolute atomic E-state index is 0.112. The van der Waals surface area contributed by atoms with Crippen molar-refractivity contribution in [1.82, 2.24) is 4.31 Å². The van der Waals surface area contributed by atoms with Crippen molar-refractivity contribution in [2.24, 2.45) is 0 Å². The Bertz CT molecular complexity index is 512. The van der Waals surface area contributed by atoms with Crippen LogP contribution in [0.5, 0.6) is 0 Å². The average Bonchev–Trinajstić information content (AvgIpc) is 2.64. The van der Waals surface area contributed by atoms with E-state index in [-0.39, 0.29) is 10.3 Å². The average molecular weight is 315 g/mol. The molecule has 0 N–H and O–H groups in total. The molecule has 0 spiro atoms. The molecular weight excluding hydrogens is 305 g/mol. The van der Waals surface area contributed by atoms with Gasteiger partial charge in [0.15, 0.2) is 0 Å². The Morgan fingerprint density at radius 1 is 1.18 bits per heavy atom. The number of alkyl halides is 1. The third-order valence-corrected chi connectivity index (χ3v) is 5.20. The van der Waals surface area contributed by atoms with Crippen molar-refractivity contribution >= 4 is 44.8 Å². The molecule has 1 aliphatic heterocycles. The number of nitrogens with zero attached hydrogens (tertiary/aromatic N) is 1. The zero-order valence-electron chi connectivity index (χ0n) is 8.74. The van der Waals surface area contributed by atoms with E-state index in [0.717, 1.165) is 0 Å². The summed E-state index contributed by atoms with van der Waals surface area (Å²) < 4.78 is 25.8. The van der Waals surface area contributed by atoms with Crippen molar-refractivity contribution in [2.45, 2.75) is 16.7 Å². The summed E-state index contributed by atoms with van der Waals surface area (Å²) >= 11 is 17.5. The van der Waals surface area contributed by atoms with Gasteiger partial charge >= 0.3 is 0 Å². The highest BCUT2D eigenvalue weighted by Gasteiger charge is 2.31. The number of hydrogen-bond acceptors (Lipinski definition) is 2. The lowest BCUT2D eigenvalue weighted by Crippen LogP contribution is -2.29. The van der Waals surface area contributed by atoms with E-state index in [9.17, 15) is 8.42 Å². The molecule has 1 aliphatic rings. The van der Waals surface area contributed by atoms with Crippen LogP contribution in [-0.2, 0) is 10.0 Å². The summed E-state index contributed by atoms with van der Waals surface area (Å²) in [7, 11) is -3.54. The molecule has 17 heavy (non-hydrogen) atoms. The van der Waals surface area contributed by atoms with Gasteiger partial charge in [-0.25, -0.2) is 8.42 Å². The molecule has 1 atom stereocenters. The molecule has 1 saturated heterocycles. The van der Waals surface area contributed by atoms with Crippen LogP contribution in [0.25, 0.3) is 0 Å². The highest BCUT2D eigenvalue weighted by molar-refractivity contribution is 7.89. The van der Waals surface area contributed by atoms with E-state index < -0.39 is 10.0 Å². The molecular formula is C10H10Cl3NO2S. The number of sulfonamides is 1. The first-order valence-corrected chi connectivity index (χ1v) is 7.63. The number of rotatable bonds is 2. The zero-order chi connectivity index (χ0) is 12.6. The molecule has 0 amide bonds. The van der Waals surface area contributed by atoms with E-state index >= 15 is 0 Å². The van der Waals surface area contributed by atoms with E-state index in [2.05, 4.69) is 0 Å². The summed E-state index contributed by atoms with van der Waals surface area (Å²) in [6, 6.07) is 4.28. The second-order valence-corrected chi connectivity index (χ2v) is 7.28. The second-order valence-electron chi connectivity index (χ2n) is 3.85. The van der Waals surface area contributed by atoms with Gasteiger partial charge in [0.2, 0.25) is 10.0 Å². The number of halogens is 3. The maximum atomic E-state index is 12.2. The Morgan fingerprint density at radius 3 is 2.24 bits per heavy atom. The summed E-state index contributed by atoms with van der Waals surface area (Å²) in [5.74, 6) is 0. The lowest BCUT2D eigenvalue weighted by molar-refractivity contribution is 0.478. The van der Waals surface area contributed by atoms with Crippen molar-refractivity contribution < 1.29 is 8.42 Å². The van der Waals surface area contributed by atoms with Crippen LogP contribution in [0.2, 0.25) is 10.0 Å². The van der Waals surface area contributed by atoms with Gasteiger partial charge in [-0.1, -0.05) is 23.2 Å². The Morgan fingerprint density at radius 2 is 1.76 bits per heavy atom. The summed E-state index contributed by atoms with van der Waals surface area (Å²) in [5, 5.41) is 0.481. The highest BCUT2D eigenvalue weighted by Crippen LogP contribution is 2.27. The Balaban J connectivity index is 2.38. The van der Waals surface area contributed by atoms with Gasteiger partial charge in [-0.3, -0.25) is 0 Å². The van der Waals surface area contributed by atoms with Crippen molar-refractivity contribution in [1.29, 1.82) is 0 Å². The summed E-state index contributed by atoms with van der Waals surface area (Å²) in [5.41, 5.74) is 0. The van der Waals surface area contributed by atoms with Gasteiger partial charge in [-0.05, 0) is 24.6 Å². The van der Waals surface area contributed by atoms with Crippen LogP contribution in [0, 0.1) is 0 Å². The molecule has 0 aromatic heterocycles. The molecule has 1 fully saturated rings. The largest absolute Gasteiger partial charge is 0.243 e. The lowest BCUT2D eigenvalue weighted by Gasteiger charge is -2.16. The molecule has 3 nitrogen and oxygen atoms in total. The molecule has 7 heteroatoms. The number of hydrogen-bond donors (Lipinski definition) is 0. The van der Waals surface area contributed by atoms with Crippen LogP contribution in [0.15, 0.2) is 23.1 Å². The summed E-state index contributed by atoms with van der Waals surface area (Å²) in [6.07, 6.45) is 0.662. The predicted octanol–water partition coefficient (Wildman–Crippen LogP) is 3.00. The molecule has 0 saturated carbocycles. The Labute approximate surface area is 115 Å². The second kappa shape index (κ2) is 4.94. The maximum absolute atomic E-state index is 12.2. The first kappa shape index (κ1) is 13.4. The van der Waals surface area contributed by atoms with Crippen molar-refractivity contribution in [3.63, 3.8) is 0 Å². The quantitative estimate of drug-likeness (QED) is 0.787. The fraction of sp³-hybridized carbons (Fsp3) is 0.400. The molecule has 2 rings (SSSR count). The highest BCUT2D eigenvalue weighted by atomic mass is 35.5. The van der Waals surface area contributed by atoms with Crippen LogP contribution in [0.4, 0.5) is 0 Å². The number of benzene rings is 1. The van der Waals surface area contributed by atoms with Crippen molar-refractivity contribution in [2.75, 3.05) is 13.1 Å². The molecule has 1 aromatic rings. The van der Waals surface area contributed by atoms with Crippen LogP contribution in [0.1, 0.15) is 6.42 Å². The van der Waals surface area contributed by atoms with E-state index in [0.29, 0.717) is 29.6 Å². The van der Waals surface area contributed by atoms with Gasteiger partial charge in [0.25, 0.3) is 0 Å². The maximum Gasteiger partial charge on any atom is 0.243 e. The lowest BCUT2D eigenvalue weighted by atomic mass is 10.4. The van der Waals surface area contributed by atoms with Crippen molar-refractivity contribution in [3.05, 3.63) is 28.2 Å². The van der Waals surface area contributed by atoms with Crippen LogP contribution < -0.4 is 0 Å². The molecule has 0 bridgehead atoms. The summed E-state index contributed by atoms with van der Waals surface area (Å²) in [6.45, 7) is 0.759. The molecule has 1 heterocycles. The van der Waals surface area contributed by atoms with Crippen LogP contribution in [-0.4, -0.2) is 31.2 Å². The van der Waals surface area contributed by atoms with E-state index in [1.54, 1.807) is 0 Å². The standard InChI is InChI=1S/C10H10Cl3NO2S/c11-7-1-2-14(6-7)17(15,16)10-4-8(12)3-9(13)5-10/h3-5,7H,1-2,6H2. The molecule has 0 radical (unpaired) electrons. The molecule has 1 aromatic carbocycles. The molecule has 1 unspecified atom stereocenters. The van der Waals surface area contributed by atoms with Gasteiger partial charge in [0, 0.05) is 28.5 Å². The van der Waals surface area contributed by atoms with Gasteiger partial charge < -0.3 is 0 Å². The topological polar surface area (TPSA) is 37.4 Å². The SMILES string of the molecule is O=S(=O)(c1cc(Cl)cc(Cl)c1)N1CCC(Cl)C1. The third kappa shape index (κ3) is 2.88. The molecule has 94 valence electrons. The van der Waals surface area contributed by atoms with Crippen LogP contribution >= 0.6 is 34.8 Å². The predicted molar refractivity (Wildman–Crippen MR) is 69.5 cm³/mol. The van der Waals surface area contributed by atoms with E-state index in [1.807, 2.05) is 0 Å². The Hall–Kier alpha value is -0.000000000000000111. The van der Waals surface area contributed by atoms with Gasteiger partial charge in [0.05, 0.1) is 4.90 Å². The van der Waals surface area contributed by atoms with E-state index in [4.69, 9.17) is 34.8 Å². The normalized spacial score (nSPS) is 21.9. The fourth-order valence-corrected chi connectivity index (χ4v) is 4.31. The Kier molecular flexibility index (Phi) is 3.90. The van der Waals surface area contributed by atoms with Gasteiger partial charge in [-0.2, -0.15) is 4.31 Å². The van der Waals surface area contributed by atoms with Gasteiger partial charge in [-0.15, -0.1) is 11.6 Å². The van der Waals surface area contributed by atoms with Crippen molar-refractivity contribution in [3.8, 4) is 0 Å². The van der Waals surface area contributed by atoms with E-state index in [1.165, 1.54) is 22.5 Å². The fourth-order valence-electron chi connectivity index (χ4n) is 1.73. The van der Waals surface area contributed by atoms with Crippen LogP contribution in [0.3, 0.4) is 0 Å². The van der Waals surface area contributed by atoms with Gasteiger partial charge in [0.1, 0.15) is 0 Å².